The average Bonchev–Trinajstić information content (AvgIpc) is 2.64. The summed E-state index contributed by atoms with van der Waals surface area (Å²) in [5.41, 5.74) is 4.35. The van der Waals surface area contributed by atoms with Crippen LogP contribution in [0.2, 0.25) is 0 Å². The highest BCUT2D eigenvalue weighted by Gasteiger charge is 2.29. The fourth-order valence-corrected chi connectivity index (χ4v) is 4.07. The molecule has 3 nitrogen and oxygen atoms in total. The zero-order chi connectivity index (χ0) is 16.4. The maximum absolute atomic E-state index is 3.80. The minimum absolute atomic E-state index is 0.325. The Hall–Kier alpha value is -1.68. The summed E-state index contributed by atoms with van der Waals surface area (Å²) in [5.74, 6) is 0.588. The lowest BCUT2D eigenvalue weighted by atomic mass is 9.83. The number of likely N-dealkylation sites (N-methyl/N-ethyl adjacent to an activating group) is 1. The quantitative estimate of drug-likeness (QED) is 0.938. The summed E-state index contributed by atoms with van der Waals surface area (Å²) in [5, 5.41) is 3.80. The van der Waals surface area contributed by atoms with Crippen molar-refractivity contribution in [1.29, 1.82) is 0 Å². The molecule has 2 aliphatic heterocycles. The molecule has 1 fully saturated rings. The van der Waals surface area contributed by atoms with Crippen molar-refractivity contribution in [2.45, 2.75) is 12.0 Å². The Balaban J connectivity index is 1.55. The highest BCUT2D eigenvalue weighted by Crippen LogP contribution is 2.34. The van der Waals surface area contributed by atoms with Crippen molar-refractivity contribution in [3.63, 3.8) is 0 Å². The topological polar surface area (TPSA) is 18.5 Å². The van der Waals surface area contributed by atoms with Gasteiger partial charge >= 0.3 is 0 Å². The number of nitrogens with one attached hydrogen (secondary N) is 1. The number of fused-ring (bicyclic) bond motifs is 1. The molecule has 3 heteroatoms. The fraction of sp³-hybridized carbons (Fsp3) is 0.429. The lowest BCUT2D eigenvalue weighted by Crippen LogP contribution is -2.47. The maximum Gasteiger partial charge on any atom is 0.0579 e. The van der Waals surface area contributed by atoms with Gasteiger partial charge in [0, 0.05) is 45.2 Å². The van der Waals surface area contributed by atoms with E-state index in [-0.39, 0.29) is 0 Å². The van der Waals surface area contributed by atoms with Crippen LogP contribution in [0, 0.1) is 0 Å². The van der Waals surface area contributed by atoms with Gasteiger partial charge in [-0.25, -0.2) is 0 Å². The van der Waals surface area contributed by atoms with Crippen molar-refractivity contribution in [3.8, 4) is 0 Å². The fourth-order valence-electron chi connectivity index (χ4n) is 4.07. The van der Waals surface area contributed by atoms with Crippen LogP contribution in [-0.4, -0.2) is 56.1 Å². The van der Waals surface area contributed by atoms with Gasteiger partial charge in [-0.15, -0.1) is 0 Å². The van der Waals surface area contributed by atoms with E-state index in [9.17, 15) is 0 Å². The lowest BCUT2D eigenvalue weighted by molar-refractivity contribution is 0.145. The van der Waals surface area contributed by atoms with Crippen LogP contribution in [0.15, 0.2) is 54.6 Å². The summed E-state index contributed by atoms with van der Waals surface area (Å²) in [6.45, 7) is 6.99. The summed E-state index contributed by atoms with van der Waals surface area (Å²) >= 11 is 0. The molecule has 0 spiro atoms. The van der Waals surface area contributed by atoms with Crippen molar-refractivity contribution in [1.82, 2.24) is 15.1 Å². The SMILES string of the molecule is CN1CCN(CC2CNC(c3ccccc3)c3ccccc32)CC1. The molecule has 0 aliphatic carbocycles. The molecule has 2 aliphatic rings. The van der Waals surface area contributed by atoms with Gasteiger partial charge < -0.3 is 15.1 Å². The molecule has 0 bridgehead atoms. The Morgan fingerprint density at radius 1 is 0.875 bits per heavy atom. The number of piperazine rings is 1. The monoisotopic (exact) mass is 321 g/mol. The first kappa shape index (κ1) is 15.8. The molecule has 0 saturated carbocycles. The normalized spacial score (nSPS) is 25.4. The molecule has 2 aromatic carbocycles. The summed E-state index contributed by atoms with van der Waals surface area (Å²) in [6, 6.07) is 20.2. The smallest absolute Gasteiger partial charge is 0.0579 e. The van der Waals surface area contributed by atoms with E-state index in [4.69, 9.17) is 0 Å². The van der Waals surface area contributed by atoms with Crippen LogP contribution in [0.1, 0.15) is 28.7 Å². The molecular formula is C21H27N3. The van der Waals surface area contributed by atoms with Crippen LogP contribution in [0.25, 0.3) is 0 Å². The van der Waals surface area contributed by atoms with Gasteiger partial charge in [0.05, 0.1) is 6.04 Å². The molecule has 2 atom stereocenters. The van der Waals surface area contributed by atoms with Gasteiger partial charge in [-0.3, -0.25) is 0 Å². The predicted molar refractivity (Wildman–Crippen MR) is 99.4 cm³/mol. The van der Waals surface area contributed by atoms with E-state index in [1.165, 1.54) is 49.4 Å². The number of benzene rings is 2. The molecule has 1 N–H and O–H groups in total. The van der Waals surface area contributed by atoms with Crippen molar-refractivity contribution < 1.29 is 0 Å². The molecular weight excluding hydrogens is 294 g/mol. The van der Waals surface area contributed by atoms with E-state index in [2.05, 4.69) is 76.8 Å². The highest BCUT2D eigenvalue weighted by molar-refractivity contribution is 5.41. The van der Waals surface area contributed by atoms with Crippen molar-refractivity contribution in [2.24, 2.45) is 0 Å². The molecule has 1 saturated heterocycles. The predicted octanol–water partition coefficient (Wildman–Crippen LogP) is 2.71. The molecule has 4 rings (SSSR count). The molecule has 2 unspecified atom stereocenters. The summed E-state index contributed by atoms with van der Waals surface area (Å²) in [7, 11) is 2.22. The van der Waals surface area contributed by atoms with Crippen molar-refractivity contribution >= 4 is 0 Å². The van der Waals surface area contributed by atoms with E-state index in [0.29, 0.717) is 12.0 Å². The number of hydrogen-bond donors (Lipinski definition) is 1. The van der Waals surface area contributed by atoms with Crippen LogP contribution < -0.4 is 5.32 Å². The first-order chi connectivity index (χ1) is 11.8. The second kappa shape index (κ2) is 7.06. The van der Waals surface area contributed by atoms with E-state index >= 15 is 0 Å². The van der Waals surface area contributed by atoms with Crippen molar-refractivity contribution in [3.05, 3.63) is 71.3 Å². The zero-order valence-corrected chi connectivity index (χ0v) is 14.5. The zero-order valence-electron chi connectivity index (χ0n) is 14.5. The first-order valence-electron chi connectivity index (χ1n) is 9.09. The maximum atomic E-state index is 3.80. The molecule has 2 heterocycles. The molecule has 24 heavy (non-hydrogen) atoms. The van der Waals surface area contributed by atoms with Gasteiger partial charge in [0.1, 0.15) is 0 Å². The Morgan fingerprint density at radius 3 is 2.29 bits per heavy atom. The van der Waals surface area contributed by atoms with E-state index in [1.807, 2.05) is 0 Å². The van der Waals surface area contributed by atoms with Gasteiger partial charge in [0.2, 0.25) is 0 Å². The number of rotatable bonds is 3. The Bertz CT molecular complexity index is 662. The minimum Gasteiger partial charge on any atom is -0.306 e. The Morgan fingerprint density at radius 2 is 1.54 bits per heavy atom. The third-order valence-corrected chi connectivity index (χ3v) is 5.52. The standard InChI is InChI=1S/C21H27N3/c1-23-11-13-24(14-12-23)16-18-15-22-21(17-7-3-2-4-8-17)20-10-6-5-9-19(18)20/h2-10,18,21-22H,11-16H2,1H3. The second-order valence-electron chi connectivity index (χ2n) is 7.18. The molecule has 126 valence electrons. The lowest BCUT2D eigenvalue weighted by Gasteiger charge is -2.38. The van der Waals surface area contributed by atoms with Crippen molar-refractivity contribution in [2.75, 3.05) is 46.3 Å². The van der Waals surface area contributed by atoms with Crippen LogP contribution in [0.5, 0.6) is 0 Å². The van der Waals surface area contributed by atoms with Gasteiger partial charge in [-0.05, 0) is 23.7 Å². The minimum atomic E-state index is 0.325. The van der Waals surface area contributed by atoms with Crippen LogP contribution in [0.4, 0.5) is 0 Å². The van der Waals surface area contributed by atoms with E-state index < -0.39 is 0 Å². The van der Waals surface area contributed by atoms with E-state index in [1.54, 1.807) is 0 Å². The molecule has 2 aromatic rings. The number of hydrogen-bond acceptors (Lipinski definition) is 3. The molecule has 0 aromatic heterocycles. The highest BCUT2D eigenvalue weighted by atomic mass is 15.2. The summed E-state index contributed by atoms with van der Waals surface area (Å²) < 4.78 is 0. The molecule has 0 radical (unpaired) electrons. The van der Waals surface area contributed by atoms with Crippen LogP contribution in [0.3, 0.4) is 0 Å². The summed E-state index contributed by atoms with van der Waals surface area (Å²) in [4.78, 5) is 5.06. The van der Waals surface area contributed by atoms with E-state index in [0.717, 1.165) is 6.54 Å². The van der Waals surface area contributed by atoms with Crippen LogP contribution >= 0.6 is 0 Å². The van der Waals surface area contributed by atoms with Crippen LogP contribution in [-0.2, 0) is 0 Å². The van der Waals surface area contributed by atoms with Gasteiger partial charge in [0.25, 0.3) is 0 Å². The van der Waals surface area contributed by atoms with Gasteiger partial charge in [-0.1, -0.05) is 54.6 Å². The largest absolute Gasteiger partial charge is 0.306 e. The summed E-state index contributed by atoms with van der Waals surface area (Å²) in [6.07, 6.45) is 0. The van der Waals surface area contributed by atoms with Gasteiger partial charge in [-0.2, -0.15) is 0 Å². The first-order valence-corrected chi connectivity index (χ1v) is 9.09. The molecule has 0 amide bonds. The second-order valence-corrected chi connectivity index (χ2v) is 7.18. The van der Waals surface area contributed by atoms with Gasteiger partial charge in [0.15, 0.2) is 0 Å². The third-order valence-electron chi connectivity index (χ3n) is 5.52. The third kappa shape index (κ3) is 3.25. The Kier molecular flexibility index (Phi) is 4.65. The average molecular weight is 321 g/mol. The number of nitrogens with zero attached hydrogens (tertiary/aromatic N) is 2. The Labute approximate surface area is 145 Å².